The number of alkyl halides is 3. The highest BCUT2D eigenvalue weighted by atomic mass is 19.4. The molecule has 10 nitrogen and oxygen atoms in total. The van der Waals surface area contributed by atoms with E-state index < -0.39 is 30.5 Å². The Hall–Kier alpha value is -5.20. The van der Waals surface area contributed by atoms with Gasteiger partial charge in [0.2, 0.25) is 0 Å². The van der Waals surface area contributed by atoms with Crippen molar-refractivity contribution in [1.29, 1.82) is 0 Å². The fourth-order valence-electron chi connectivity index (χ4n) is 4.52. The maximum absolute atomic E-state index is 12.6. The van der Waals surface area contributed by atoms with Crippen LogP contribution in [-0.2, 0) is 14.3 Å². The molecule has 3 aromatic rings. The highest BCUT2D eigenvalue weighted by molar-refractivity contribution is 5.92. The number of hydrogen-bond acceptors (Lipinski definition) is 10. The summed E-state index contributed by atoms with van der Waals surface area (Å²) in [7, 11) is 1.35. The van der Waals surface area contributed by atoms with Gasteiger partial charge in [0.1, 0.15) is 5.75 Å². The zero-order valence-corrected chi connectivity index (χ0v) is 27.3. The summed E-state index contributed by atoms with van der Waals surface area (Å²) in [4.78, 5) is 36.8. The molecule has 0 radical (unpaired) electrons. The first kappa shape index (κ1) is 38.2. The lowest BCUT2D eigenvalue weighted by Gasteiger charge is -2.12. The monoisotopic (exact) mass is 686 g/mol. The molecule has 0 amide bonds. The number of ether oxygens (including phenoxy) is 5. The number of anilines is 2. The second kappa shape index (κ2) is 19.6. The van der Waals surface area contributed by atoms with Gasteiger partial charge in [-0.25, -0.2) is 14.4 Å². The fraction of sp³-hybridized carbons (Fsp3) is 0.361. The van der Waals surface area contributed by atoms with Gasteiger partial charge in [0.25, 0.3) is 0 Å². The lowest BCUT2D eigenvalue weighted by Crippen LogP contribution is -2.11. The second-order valence-corrected chi connectivity index (χ2v) is 11.0. The molecular formula is C36H41F3N2O8. The Morgan fingerprint density at radius 2 is 1.33 bits per heavy atom. The quantitative estimate of drug-likeness (QED) is 0.0425. The predicted molar refractivity (Wildman–Crippen MR) is 178 cm³/mol. The normalized spacial score (nSPS) is 11.3. The Kier molecular flexibility index (Phi) is 15.3. The van der Waals surface area contributed by atoms with Crippen molar-refractivity contribution >= 4 is 35.4 Å². The minimum Gasteiger partial charge on any atom is -0.493 e. The Labute approximate surface area is 283 Å². The van der Waals surface area contributed by atoms with Gasteiger partial charge in [-0.15, -0.1) is 0 Å². The van der Waals surface area contributed by atoms with E-state index in [9.17, 15) is 27.6 Å². The summed E-state index contributed by atoms with van der Waals surface area (Å²) >= 11 is 0. The Bertz CT molecular complexity index is 1540. The van der Waals surface area contributed by atoms with E-state index in [0.717, 1.165) is 38.5 Å². The molecule has 49 heavy (non-hydrogen) atoms. The number of methoxy groups -OCH3 is 1. The summed E-state index contributed by atoms with van der Waals surface area (Å²) in [5, 5.41) is 0. The third-order valence-corrected chi connectivity index (χ3v) is 6.99. The Balaban J connectivity index is 1.28. The van der Waals surface area contributed by atoms with E-state index >= 15 is 0 Å². The van der Waals surface area contributed by atoms with Crippen LogP contribution < -0.4 is 25.7 Å². The first-order chi connectivity index (χ1) is 23.4. The molecule has 0 aliphatic heterocycles. The molecule has 0 bridgehead atoms. The SMILES string of the molecule is COc1cc(C(=O)Oc2ccc(/C=C/C(=O)OCCCCCCCCOC(=O)c3cc(N)cc(N)c3)cc2)ccc1OCCCC(F)(F)F. The molecule has 0 aliphatic rings. The molecule has 4 N–H and O–H groups in total. The molecule has 264 valence electrons. The molecular weight excluding hydrogens is 645 g/mol. The van der Waals surface area contributed by atoms with E-state index in [0.29, 0.717) is 35.7 Å². The highest BCUT2D eigenvalue weighted by Crippen LogP contribution is 2.30. The Morgan fingerprint density at radius 1 is 0.694 bits per heavy atom. The highest BCUT2D eigenvalue weighted by Gasteiger charge is 2.26. The van der Waals surface area contributed by atoms with Crippen molar-refractivity contribution in [2.45, 2.75) is 57.5 Å². The topological polar surface area (TPSA) is 149 Å². The minimum absolute atomic E-state index is 0.159. The summed E-state index contributed by atoms with van der Waals surface area (Å²) in [6.45, 7) is 0.455. The van der Waals surface area contributed by atoms with Crippen LogP contribution in [0.15, 0.2) is 66.7 Å². The van der Waals surface area contributed by atoms with Crippen molar-refractivity contribution in [3.05, 3.63) is 83.4 Å². The largest absolute Gasteiger partial charge is 0.493 e. The van der Waals surface area contributed by atoms with Crippen molar-refractivity contribution in [1.82, 2.24) is 0 Å². The van der Waals surface area contributed by atoms with E-state index in [2.05, 4.69) is 0 Å². The summed E-state index contributed by atoms with van der Waals surface area (Å²) in [5.41, 5.74) is 13.4. The average Bonchev–Trinajstić information content (AvgIpc) is 3.06. The third kappa shape index (κ3) is 14.6. The van der Waals surface area contributed by atoms with Crippen LogP contribution in [0.1, 0.15) is 77.6 Å². The number of halogens is 3. The predicted octanol–water partition coefficient (Wildman–Crippen LogP) is 7.55. The van der Waals surface area contributed by atoms with Crippen molar-refractivity contribution in [2.24, 2.45) is 0 Å². The van der Waals surface area contributed by atoms with Gasteiger partial charge in [-0.2, -0.15) is 13.2 Å². The average molecular weight is 687 g/mol. The summed E-state index contributed by atoms with van der Waals surface area (Å²) in [5.74, 6) is -0.932. The van der Waals surface area contributed by atoms with E-state index in [1.165, 1.54) is 43.5 Å². The third-order valence-electron chi connectivity index (χ3n) is 6.99. The number of carbonyl (C=O) groups is 3. The number of nitrogens with two attached hydrogens (primary N) is 2. The van der Waals surface area contributed by atoms with Crippen LogP contribution in [0.5, 0.6) is 17.2 Å². The van der Waals surface area contributed by atoms with E-state index in [1.807, 2.05) is 0 Å². The van der Waals surface area contributed by atoms with Crippen LogP contribution in [-0.4, -0.2) is 51.0 Å². The first-order valence-electron chi connectivity index (χ1n) is 15.8. The Morgan fingerprint density at radius 3 is 1.96 bits per heavy atom. The van der Waals surface area contributed by atoms with Crippen molar-refractivity contribution < 1.29 is 51.2 Å². The second-order valence-electron chi connectivity index (χ2n) is 11.0. The van der Waals surface area contributed by atoms with Gasteiger partial charge >= 0.3 is 24.1 Å². The van der Waals surface area contributed by atoms with Crippen LogP contribution in [0.25, 0.3) is 6.08 Å². The summed E-state index contributed by atoms with van der Waals surface area (Å²) in [6, 6.07) is 15.3. The maximum Gasteiger partial charge on any atom is 0.389 e. The van der Waals surface area contributed by atoms with Crippen LogP contribution in [0.2, 0.25) is 0 Å². The number of hydrogen-bond donors (Lipinski definition) is 2. The van der Waals surface area contributed by atoms with Gasteiger partial charge in [0, 0.05) is 23.9 Å². The molecule has 0 aromatic heterocycles. The van der Waals surface area contributed by atoms with Crippen molar-refractivity contribution in [3.63, 3.8) is 0 Å². The molecule has 0 unspecified atom stereocenters. The van der Waals surface area contributed by atoms with Crippen molar-refractivity contribution in [3.8, 4) is 17.2 Å². The zero-order chi connectivity index (χ0) is 35.6. The lowest BCUT2D eigenvalue weighted by atomic mass is 10.1. The molecule has 0 fully saturated rings. The fourth-order valence-corrected chi connectivity index (χ4v) is 4.52. The number of rotatable bonds is 19. The van der Waals surface area contributed by atoms with E-state index in [1.54, 1.807) is 36.4 Å². The van der Waals surface area contributed by atoms with E-state index in [4.69, 9.17) is 35.2 Å². The smallest absolute Gasteiger partial charge is 0.389 e. The van der Waals surface area contributed by atoms with Crippen LogP contribution in [0.4, 0.5) is 24.5 Å². The van der Waals surface area contributed by atoms with Gasteiger partial charge in [-0.05, 0) is 79.4 Å². The number of esters is 3. The van der Waals surface area contributed by atoms with Crippen molar-refractivity contribution in [2.75, 3.05) is 38.4 Å². The molecule has 0 saturated carbocycles. The van der Waals surface area contributed by atoms with Crippen LogP contribution in [0, 0.1) is 0 Å². The molecule has 0 aliphatic carbocycles. The maximum atomic E-state index is 12.6. The van der Waals surface area contributed by atoms with E-state index in [-0.39, 0.29) is 35.8 Å². The molecule has 13 heteroatoms. The summed E-state index contributed by atoms with van der Waals surface area (Å²) < 4.78 is 63.5. The van der Waals surface area contributed by atoms with Gasteiger partial charge in [-0.3, -0.25) is 0 Å². The molecule has 0 saturated heterocycles. The number of carbonyl (C=O) groups excluding carboxylic acids is 3. The van der Waals surface area contributed by atoms with Gasteiger partial charge in [-0.1, -0.05) is 37.8 Å². The molecule has 0 atom stereocenters. The standard InChI is InChI=1S/C36H41F3N2O8/c1-45-32-23-26(12-15-31(32)46-20-8-17-36(37,38)39)35(44)49-30-13-9-25(10-14-30)11-16-33(42)47-18-6-4-2-3-5-7-19-48-34(43)27-21-28(40)24-29(41)22-27/h9-16,21-24H,2-8,17-20,40-41H2,1H3/b16-11+. The number of benzene rings is 3. The van der Waals surface area contributed by atoms with Gasteiger partial charge in [0.05, 0.1) is 38.1 Å². The molecule has 0 heterocycles. The van der Waals surface area contributed by atoms with Crippen LogP contribution in [0.3, 0.4) is 0 Å². The molecule has 3 rings (SSSR count). The summed E-state index contributed by atoms with van der Waals surface area (Å²) in [6.07, 6.45) is 2.68. The lowest BCUT2D eigenvalue weighted by molar-refractivity contribution is -0.138. The zero-order valence-electron chi connectivity index (χ0n) is 27.3. The number of unbranched alkanes of at least 4 members (excludes halogenated alkanes) is 5. The number of nitrogen functional groups attached to an aromatic ring is 2. The first-order valence-corrected chi connectivity index (χ1v) is 15.8. The van der Waals surface area contributed by atoms with Crippen LogP contribution >= 0.6 is 0 Å². The molecule has 3 aromatic carbocycles. The van der Waals surface area contributed by atoms with Gasteiger partial charge in [0.15, 0.2) is 11.5 Å². The minimum atomic E-state index is -4.26. The van der Waals surface area contributed by atoms with Gasteiger partial charge < -0.3 is 35.2 Å². The molecule has 0 spiro atoms.